The Balaban J connectivity index is 2.06. The number of fused-ring (bicyclic) bond motifs is 1. The summed E-state index contributed by atoms with van der Waals surface area (Å²) in [5.41, 5.74) is 0.633. The number of hydrogen-bond donors (Lipinski definition) is 1. The van der Waals surface area contributed by atoms with Crippen molar-refractivity contribution in [3.05, 3.63) is 0 Å². The van der Waals surface area contributed by atoms with Gasteiger partial charge in [-0.3, -0.25) is 0 Å². The average Bonchev–Trinajstić information content (AvgIpc) is 2.56. The molecule has 0 aromatic heterocycles. The van der Waals surface area contributed by atoms with Crippen LogP contribution in [0.4, 0.5) is 0 Å². The van der Waals surface area contributed by atoms with Crippen molar-refractivity contribution < 1.29 is 0 Å². The van der Waals surface area contributed by atoms with E-state index in [1.165, 1.54) is 25.9 Å². The molecule has 2 unspecified atom stereocenters. The van der Waals surface area contributed by atoms with Crippen molar-refractivity contribution in [1.82, 2.24) is 5.32 Å². The second kappa shape index (κ2) is 1.97. The topological polar surface area (TPSA) is 12.0 Å². The zero-order chi connectivity index (χ0) is 7.19. The maximum Gasteiger partial charge on any atom is -0.00176 e. The van der Waals surface area contributed by atoms with Crippen molar-refractivity contribution >= 4 is 0 Å². The summed E-state index contributed by atoms with van der Waals surface area (Å²) in [5.74, 6) is 2.07. The Bertz CT molecular complexity index is 140. The molecular weight excluding hydrogens is 122 g/mol. The Kier molecular flexibility index (Phi) is 1.31. The van der Waals surface area contributed by atoms with E-state index in [2.05, 4.69) is 19.2 Å². The van der Waals surface area contributed by atoms with Gasteiger partial charge >= 0.3 is 0 Å². The number of rotatable bonds is 0. The first kappa shape index (κ1) is 6.66. The third-order valence-electron chi connectivity index (χ3n) is 3.28. The van der Waals surface area contributed by atoms with E-state index >= 15 is 0 Å². The summed E-state index contributed by atoms with van der Waals surface area (Å²) < 4.78 is 0. The number of hydrogen-bond acceptors (Lipinski definition) is 1. The largest absolute Gasteiger partial charge is 0.316 e. The standard InChI is InChI=1S/C9H17N/c1-9(2)3-4-10-6-7-5-8(7)9/h7-8,10H,3-6H2,1-2H3. The van der Waals surface area contributed by atoms with E-state index in [9.17, 15) is 0 Å². The molecule has 2 atom stereocenters. The van der Waals surface area contributed by atoms with Crippen LogP contribution in [0, 0.1) is 17.3 Å². The van der Waals surface area contributed by atoms with Gasteiger partial charge in [0.1, 0.15) is 0 Å². The molecule has 1 N–H and O–H groups in total. The van der Waals surface area contributed by atoms with E-state index in [-0.39, 0.29) is 0 Å². The molecule has 0 aromatic rings. The SMILES string of the molecule is CC1(C)CCNCC2CC21. The molecule has 1 aliphatic carbocycles. The second-order valence-corrected chi connectivity index (χ2v) is 4.54. The van der Waals surface area contributed by atoms with Gasteiger partial charge in [-0.1, -0.05) is 13.8 Å². The highest BCUT2D eigenvalue weighted by Gasteiger charge is 2.47. The molecule has 0 amide bonds. The summed E-state index contributed by atoms with van der Waals surface area (Å²) in [6.07, 6.45) is 2.86. The second-order valence-electron chi connectivity index (χ2n) is 4.54. The highest BCUT2D eigenvalue weighted by molar-refractivity contribution is 4.99. The van der Waals surface area contributed by atoms with Crippen molar-refractivity contribution in [2.75, 3.05) is 13.1 Å². The fourth-order valence-corrected chi connectivity index (χ4v) is 2.31. The molecule has 0 radical (unpaired) electrons. The summed E-state index contributed by atoms with van der Waals surface area (Å²) in [5, 5.41) is 3.49. The molecule has 1 saturated carbocycles. The van der Waals surface area contributed by atoms with Crippen LogP contribution in [0.2, 0.25) is 0 Å². The van der Waals surface area contributed by atoms with Crippen LogP contribution >= 0.6 is 0 Å². The van der Waals surface area contributed by atoms with E-state index in [0.29, 0.717) is 5.41 Å². The van der Waals surface area contributed by atoms with Crippen LogP contribution < -0.4 is 5.32 Å². The van der Waals surface area contributed by atoms with Crippen molar-refractivity contribution in [2.45, 2.75) is 26.7 Å². The third-order valence-corrected chi connectivity index (χ3v) is 3.28. The predicted molar refractivity (Wildman–Crippen MR) is 42.9 cm³/mol. The quantitative estimate of drug-likeness (QED) is 0.538. The number of nitrogens with one attached hydrogen (secondary N) is 1. The first-order valence-electron chi connectivity index (χ1n) is 4.41. The maximum atomic E-state index is 3.49. The molecule has 58 valence electrons. The Morgan fingerprint density at radius 1 is 1.40 bits per heavy atom. The van der Waals surface area contributed by atoms with Crippen molar-refractivity contribution in [3.63, 3.8) is 0 Å². The third kappa shape index (κ3) is 0.968. The molecule has 0 aromatic carbocycles. The average molecular weight is 139 g/mol. The van der Waals surface area contributed by atoms with Crippen LogP contribution in [0.3, 0.4) is 0 Å². The van der Waals surface area contributed by atoms with Gasteiger partial charge < -0.3 is 5.32 Å². The van der Waals surface area contributed by atoms with Crippen LogP contribution in [0.25, 0.3) is 0 Å². The van der Waals surface area contributed by atoms with Crippen LogP contribution in [0.15, 0.2) is 0 Å². The van der Waals surface area contributed by atoms with Crippen molar-refractivity contribution in [2.24, 2.45) is 17.3 Å². The molecule has 2 rings (SSSR count). The Morgan fingerprint density at radius 3 is 3.00 bits per heavy atom. The van der Waals surface area contributed by atoms with Gasteiger partial charge in [-0.25, -0.2) is 0 Å². The van der Waals surface area contributed by atoms with E-state index in [4.69, 9.17) is 0 Å². The zero-order valence-electron chi connectivity index (χ0n) is 6.98. The molecule has 1 heteroatoms. The van der Waals surface area contributed by atoms with E-state index in [1.54, 1.807) is 0 Å². The molecule has 10 heavy (non-hydrogen) atoms. The predicted octanol–water partition coefficient (Wildman–Crippen LogP) is 1.64. The van der Waals surface area contributed by atoms with Crippen LogP contribution in [0.5, 0.6) is 0 Å². The molecule has 1 nitrogen and oxygen atoms in total. The first-order chi connectivity index (χ1) is 4.70. The van der Waals surface area contributed by atoms with E-state index in [0.717, 1.165) is 11.8 Å². The molecule has 1 saturated heterocycles. The van der Waals surface area contributed by atoms with Crippen LogP contribution in [-0.4, -0.2) is 13.1 Å². The lowest BCUT2D eigenvalue weighted by Gasteiger charge is -2.22. The van der Waals surface area contributed by atoms with Gasteiger partial charge in [0.15, 0.2) is 0 Å². The minimum absolute atomic E-state index is 0.633. The van der Waals surface area contributed by atoms with Crippen molar-refractivity contribution in [1.29, 1.82) is 0 Å². The Morgan fingerprint density at radius 2 is 2.20 bits per heavy atom. The van der Waals surface area contributed by atoms with Gasteiger partial charge in [-0.2, -0.15) is 0 Å². The maximum absolute atomic E-state index is 3.49. The van der Waals surface area contributed by atoms with Gasteiger partial charge in [-0.15, -0.1) is 0 Å². The molecule has 2 fully saturated rings. The lowest BCUT2D eigenvalue weighted by atomic mass is 9.83. The first-order valence-corrected chi connectivity index (χ1v) is 4.41. The normalized spacial score (nSPS) is 43.8. The molecule has 0 bridgehead atoms. The molecule has 1 heterocycles. The van der Waals surface area contributed by atoms with E-state index in [1.807, 2.05) is 0 Å². The molecule has 1 aliphatic heterocycles. The molecular formula is C9H17N. The molecule has 0 spiro atoms. The minimum atomic E-state index is 0.633. The van der Waals surface area contributed by atoms with Crippen LogP contribution in [0.1, 0.15) is 26.7 Å². The summed E-state index contributed by atoms with van der Waals surface area (Å²) in [6.45, 7) is 7.36. The molecule has 2 aliphatic rings. The van der Waals surface area contributed by atoms with Gasteiger partial charge in [0.05, 0.1) is 0 Å². The fraction of sp³-hybridized carbons (Fsp3) is 1.00. The summed E-state index contributed by atoms with van der Waals surface area (Å²) in [6, 6.07) is 0. The van der Waals surface area contributed by atoms with Gasteiger partial charge in [0.25, 0.3) is 0 Å². The Labute approximate surface area is 63.2 Å². The van der Waals surface area contributed by atoms with Crippen molar-refractivity contribution in [3.8, 4) is 0 Å². The van der Waals surface area contributed by atoms with Gasteiger partial charge in [0.2, 0.25) is 0 Å². The monoisotopic (exact) mass is 139 g/mol. The van der Waals surface area contributed by atoms with E-state index < -0.39 is 0 Å². The summed E-state index contributed by atoms with van der Waals surface area (Å²) >= 11 is 0. The van der Waals surface area contributed by atoms with Crippen LogP contribution in [-0.2, 0) is 0 Å². The smallest absolute Gasteiger partial charge is 0.00176 e. The zero-order valence-corrected chi connectivity index (χ0v) is 6.98. The lowest BCUT2D eigenvalue weighted by Crippen LogP contribution is -2.19. The fourth-order valence-electron chi connectivity index (χ4n) is 2.31. The highest BCUT2D eigenvalue weighted by atomic mass is 14.9. The minimum Gasteiger partial charge on any atom is -0.316 e. The Hall–Kier alpha value is -0.0400. The van der Waals surface area contributed by atoms with Gasteiger partial charge in [0, 0.05) is 0 Å². The lowest BCUT2D eigenvalue weighted by molar-refractivity contribution is 0.286. The summed E-state index contributed by atoms with van der Waals surface area (Å²) in [4.78, 5) is 0. The highest BCUT2D eigenvalue weighted by Crippen LogP contribution is 2.53. The summed E-state index contributed by atoms with van der Waals surface area (Å²) in [7, 11) is 0. The van der Waals surface area contributed by atoms with Gasteiger partial charge in [-0.05, 0) is 43.2 Å².